The van der Waals surface area contributed by atoms with E-state index >= 15 is 0 Å². The summed E-state index contributed by atoms with van der Waals surface area (Å²) in [5.41, 5.74) is 7.20. The SMILES string of the molecule is CCCc1[nH]nc(C(=O)NCC(=O)N2CCCCC2)c1N. The first-order chi connectivity index (χ1) is 10.1. The van der Waals surface area contributed by atoms with E-state index in [9.17, 15) is 9.59 Å². The van der Waals surface area contributed by atoms with E-state index in [1.807, 2.05) is 6.92 Å². The highest BCUT2D eigenvalue weighted by Gasteiger charge is 2.20. The van der Waals surface area contributed by atoms with Gasteiger partial charge in [0, 0.05) is 13.1 Å². The van der Waals surface area contributed by atoms with Gasteiger partial charge in [0.1, 0.15) is 0 Å². The first-order valence-corrected chi connectivity index (χ1v) is 7.52. The summed E-state index contributed by atoms with van der Waals surface area (Å²) >= 11 is 0. The molecule has 1 aromatic heterocycles. The Labute approximate surface area is 124 Å². The first-order valence-electron chi connectivity index (χ1n) is 7.52. The molecule has 2 amide bonds. The number of carbonyl (C=O) groups excluding carboxylic acids is 2. The van der Waals surface area contributed by atoms with Crippen molar-refractivity contribution in [1.82, 2.24) is 20.4 Å². The van der Waals surface area contributed by atoms with Gasteiger partial charge in [-0.3, -0.25) is 14.7 Å². The number of H-pyrrole nitrogens is 1. The van der Waals surface area contributed by atoms with Crippen molar-refractivity contribution in [2.24, 2.45) is 0 Å². The number of nitrogens with one attached hydrogen (secondary N) is 2. The van der Waals surface area contributed by atoms with Gasteiger partial charge in [-0.25, -0.2) is 0 Å². The van der Waals surface area contributed by atoms with Crippen molar-refractivity contribution in [2.45, 2.75) is 39.0 Å². The zero-order valence-electron chi connectivity index (χ0n) is 12.4. The smallest absolute Gasteiger partial charge is 0.274 e. The summed E-state index contributed by atoms with van der Waals surface area (Å²) < 4.78 is 0. The molecule has 0 saturated carbocycles. The molecule has 1 aliphatic rings. The summed E-state index contributed by atoms with van der Waals surface area (Å²) in [6, 6.07) is 0. The standard InChI is InChI=1S/C14H23N5O2/c1-2-6-10-12(15)13(18-17-10)14(21)16-9-11(20)19-7-4-3-5-8-19/h2-9,15H2,1H3,(H,16,21)(H,17,18). The Morgan fingerprint density at radius 3 is 2.71 bits per heavy atom. The van der Waals surface area contributed by atoms with Crippen LogP contribution in [0.1, 0.15) is 48.8 Å². The number of anilines is 1. The summed E-state index contributed by atoms with van der Waals surface area (Å²) in [6.07, 6.45) is 4.90. The molecule has 0 unspecified atom stereocenters. The predicted molar refractivity (Wildman–Crippen MR) is 79.8 cm³/mol. The van der Waals surface area contributed by atoms with Gasteiger partial charge >= 0.3 is 0 Å². The van der Waals surface area contributed by atoms with E-state index in [2.05, 4.69) is 15.5 Å². The fourth-order valence-corrected chi connectivity index (χ4v) is 2.50. The minimum Gasteiger partial charge on any atom is -0.395 e. The molecule has 7 heteroatoms. The predicted octanol–water partition coefficient (Wildman–Crippen LogP) is 0.687. The Balaban J connectivity index is 1.88. The summed E-state index contributed by atoms with van der Waals surface area (Å²) in [6.45, 7) is 3.57. The number of aryl methyl sites for hydroxylation is 1. The molecule has 1 fully saturated rings. The van der Waals surface area contributed by atoms with E-state index in [0.29, 0.717) is 5.69 Å². The fraction of sp³-hybridized carbons (Fsp3) is 0.643. The van der Waals surface area contributed by atoms with Crippen molar-refractivity contribution >= 4 is 17.5 Å². The van der Waals surface area contributed by atoms with E-state index in [4.69, 9.17) is 5.73 Å². The third-order valence-electron chi connectivity index (χ3n) is 3.71. The highest BCUT2D eigenvalue weighted by molar-refractivity contribution is 5.99. The van der Waals surface area contributed by atoms with Gasteiger partial charge in [-0.1, -0.05) is 13.3 Å². The number of nitrogen functional groups attached to an aromatic ring is 1. The van der Waals surface area contributed by atoms with Crippen LogP contribution in [0.4, 0.5) is 5.69 Å². The molecule has 21 heavy (non-hydrogen) atoms. The quantitative estimate of drug-likeness (QED) is 0.742. The molecule has 0 radical (unpaired) electrons. The highest BCUT2D eigenvalue weighted by atomic mass is 16.2. The Bertz CT molecular complexity index is 505. The molecule has 1 aliphatic heterocycles. The second-order valence-electron chi connectivity index (χ2n) is 5.34. The number of nitrogens with zero attached hydrogens (tertiary/aromatic N) is 2. The van der Waals surface area contributed by atoms with Crippen LogP contribution in [0.25, 0.3) is 0 Å². The molecule has 2 heterocycles. The van der Waals surface area contributed by atoms with Gasteiger partial charge in [0.25, 0.3) is 5.91 Å². The Morgan fingerprint density at radius 2 is 2.05 bits per heavy atom. The summed E-state index contributed by atoms with van der Waals surface area (Å²) in [5.74, 6) is -0.456. The fourth-order valence-electron chi connectivity index (χ4n) is 2.50. The van der Waals surface area contributed by atoms with Crippen LogP contribution in [-0.2, 0) is 11.2 Å². The van der Waals surface area contributed by atoms with Crippen molar-refractivity contribution in [3.63, 3.8) is 0 Å². The Hall–Kier alpha value is -2.05. The van der Waals surface area contributed by atoms with Crippen LogP contribution in [-0.4, -0.2) is 46.5 Å². The molecule has 4 N–H and O–H groups in total. The molecule has 0 bridgehead atoms. The van der Waals surface area contributed by atoms with Gasteiger partial charge in [0.2, 0.25) is 5.91 Å². The highest BCUT2D eigenvalue weighted by Crippen LogP contribution is 2.15. The van der Waals surface area contributed by atoms with Gasteiger partial charge in [0.05, 0.1) is 17.9 Å². The summed E-state index contributed by atoms with van der Waals surface area (Å²) in [7, 11) is 0. The molecular formula is C14H23N5O2. The molecule has 0 aliphatic carbocycles. The lowest BCUT2D eigenvalue weighted by molar-refractivity contribution is -0.130. The molecule has 0 spiro atoms. The summed E-state index contributed by atoms with van der Waals surface area (Å²) in [4.78, 5) is 25.8. The number of hydrogen-bond acceptors (Lipinski definition) is 4. The van der Waals surface area contributed by atoms with Gasteiger partial charge in [0.15, 0.2) is 5.69 Å². The third-order valence-corrected chi connectivity index (χ3v) is 3.71. The number of aromatic amines is 1. The number of amides is 2. The number of rotatable bonds is 5. The van der Waals surface area contributed by atoms with Crippen LogP contribution in [0.5, 0.6) is 0 Å². The topological polar surface area (TPSA) is 104 Å². The van der Waals surface area contributed by atoms with E-state index in [-0.39, 0.29) is 18.1 Å². The molecule has 1 aromatic rings. The molecular weight excluding hydrogens is 270 g/mol. The first kappa shape index (κ1) is 15.3. The lowest BCUT2D eigenvalue weighted by Gasteiger charge is -2.26. The average molecular weight is 293 g/mol. The van der Waals surface area contributed by atoms with Crippen LogP contribution in [0.3, 0.4) is 0 Å². The Kier molecular flexibility index (Phi) is 5.19. The number of aromatic nitrogens is 2. The minimum absolute atomic E-state index is 0.00571. The minimum atomic E-state index is -0.406. The zero-order valence-corrected chi connectivity index (χ0v) is 12.4. The van der Waals surface area contributed by atoms with E-state index in [1.165, 1.54) is 6.42 Å². The zero-order chi connectivity index (χ0) is 15.2. The van der Waals surface area contributed by atoms with Crippen molar-refractivity contribution in [3.8, 4) is 0 Å². The monoisotopic (exact) mass is 293 g/mol. The van der Waals surface area contributed by atoms with Crippen molar-refractivity contribution in [1.29, 1.82) is 0 Å². The molecule has 0 aromatic carbocycles. The molecule has 0 atom stereocenters. The number of nitrogens with two attached hydrogens (primary N) is 1. The lowest BCUT2D eigenvalue weighted by atomic mass is 10.1. The van der Waals surface area contributed by atoms with E-state index < -0.39 is 5.91 Å². The third kappa shape index (κ3) is 3.74. The largest absolute Gasteiger partial charge is 0.395 e. The second kappa shape index (κ2) is 7.10. The van der Waals surface area contributed by atoms with Gasteiger partial charge in [-0.05, 0) is 25.7 Å². The normalized spacial score (nSPS) is 15.0. The van der Waals surface area contributed by atoms with E-state index in [0.717, 1.165) is 44.5 Å². The van der Waals surface area contributed by atoms with Crippen molar-refractivity contribution < 1.29 is 9.59 Å². The van der Waals surface area contributed by atoms with Crippen LogP contribution in [0, 0.1) is 0 Å². The summed E-state index contributed by atoms with van der Waals surface area (Å²) in [5, 5.41) is 9.31. The average Bonchev–Trinajstić information content (AvgIpc) is 2.87. The lowest BCUT2D eigenvalue weighted by Crippen LogP contribution is -2.42. The maximum absolute atomic E-state index is 12.0. The molecule has 2 rings (SSSR count). The maximum atomic E-state index is 12.0. The van der Waals surface area contributed by atoms with Gasteiger partial charge < -0.3 is 16.0 Å². The van der Waals surface area contributed by atoms with Crippen molar-refractivity contribution in [2.75, 3.05) is 25.4 Å². The maximum Gasteiger partial charge on any atom is 0.274 e. The molecule has 1 saturated heterocycles. The number of hydrogen-bond donors (Lipinski definition) is 3. The van der Waals surface area contributed by atoms with Crippen LogP contribution < -0.4 is 11.1 Å². The second-order valence-corrected chi connectivity index (χ2v) is 5.34. The number of likely N-dealkylation sites (tertiary alicyclic amines) is 1. The van der Waals surface area contributed by atoms with Crippen molar-refractivity contribution in [3.05, 3.63) is 11.4 Å². The number of carbonyl (C=O) groups is 2. The van der Waals surface area contributed by atoms with Crippen LogP contribution in [0.2, 0.25) is 0 Å². The van der Waals surface area contributed by atoms with Crippen LogP contribution in [0.15, 0.2) is 0 Å². The van der Waals surface area contributed by atoms with E-state index in [1.54, 1.807) is 4.90 Å². The van der Waals surface area contributed by atoms with Crippen LogP contribution >= 0.6 is 0 Å². The molecule has 116 valence electrons. The van der Waals surface area contributed by atoms with Gasteiger partial charge in [-0.2, -0.15) is 5.10 Å². The molecule has 7 nitrogen and oxygen atoms in total. The van der Waals surface area contributed by atoms with Gasteiger partial charge in [-0.15, -0.1) is 0 Å². The Morgan fingerprint density at radius 1 is 1.33 bits per heavy atom. The number of piperidine rings is 1.